The molecular weight excluding hydrogens is 266 g/mol. The summed E-state index contributed by atoms with van der Waals surface area (Å²) in [7, 11) is 0. The van der Waals surface area contributed by atoms with Crippen LogP contribution in [0.15, 0.2) is 53.9 Å². The lowest BCUT2D eigenvalue weighted by atomic mass is 10.0. The highest BCUT2D eigenvalue weighted by Gasteiger charge is 2.28. The van der Waals surface area contributed by atoms with E-state index in [-0.39, 0.29) is 17.2 Å². The zero-order valence-electron chi connectivity index (χ0n) is 12.3. The predicted molar refractivity (Wildman–Crippen MR) is 82.8 cm³/mol. The summed E-state index contributed by atoms with van der Waals surface area (Å²) < 4.78 is 5.56. The van der Waals surface area contributed by atoms with E-state index in [1.165, 1.54) is 0 Å². The van der Waals surface area contributed by atoms with Gasteiger partial charge in [0, 0.05) is 0 Å². The van der Waals surface area contributed by atoms with Gasteiger partial charge in [0.25, 0.3) is 5.91 Å². The zero-order chi connectivity index (χ0) is 15.4. The summed E-state index contributed by atoms with van der Waals surface area (Å²) in [6, 6.07) is 7.11. The summed E-state index contributed by atoms with van der Waals surface area (Å²) in [5, 5.41) is 12.9. The van der Waals surface area contributed by atoms with Crippen molar-refractivity contribution in [2.24, 2.45) is 0 Å². The highest BCUT2D eigenvalue weighted by Crippen LogP contribution is 2.29. The highest BCUT2D eigenvalue weighted by atomic mass is 16.5. The molecule has 0 bridgehead atoms. The second-order valence-electron chi connectivity index (χ2n) is 4.98. The molecule has 0 saturated heterocycles. The van der Waals surface area contributed by atoms with Crippen LogP contribution >= 0.6 is 0 Å². The van der Waals surface area contributed by atoms with E-state index in [2.05, 4.69) is 11.9 Å². The first-order chi connectivity index (χ1) is 10.0. The largest absolute Gasteiger partial charge is 0.505 e. The van der Waals surface area contributed by atoms with E-state index in [4.69, 9.17) is 4.74 Å². The molecule has 2 rings (SSSR count). The Hall–Kier alpha value is -2.49. The van der Waals surface area contributed by atoms with Gasteiger partial charge in [0.1, 0.15) is 12.4 Å². The van der Waals surface area contributed by atoms with Crippen molar-refractivity contribution in [2.75, 3.05) is 6.61 Å². The molecule has 1 heterocycles. The third-order valence-corrected chi connectivity index (χ3v) is 2.98. The van der Waals surface area contributed by atoms with Crippen molar-refractivity contribution in [3.63, 3.8) is 0 Å². The molecule has 0 radical (unpaired) electrons. The minimum absolute atomic E-state index is 0.0149. The number of hydrogen-bond donors (Lipinski definition) is 2. The molecule has 1 aliphatic heterocycles. The molecule has 110 valence electrons. The Morgan fingerprint density at radius 2 is 2.24 bits per heavy atom. The SMILES string of the molecule is C=C(C)COc1cccc(C2=C(O)/C(=C\CC)NC2=O)c1. The minimum atomic E-state index is -0.302. The molecule has 1 aromatic rings. The Balaban J connectivity index is 2.33. The van der Waals surface area contributed by atoms with E-state index in [9.17, 15) is 9.90 Å². The van der Waals surface area contributed by atoms with Crippen LogP contribution in [0.2, 0.25) is 0 Å². The lowest BCUT2D eigenvalue weighted by Crippen LogP contribution is -2.16. The Labute approximate surface area is 124 Å². The van der Waals surface area contributed by atoms with Crippen LogP contribution in [0, 0.1) is 0 Å². The average molecular weight is 285 g/mol. The second kappa shape index (κ2) is 6.31. The van der Waals surface area contributed by atoms with Crippen LogP contribution < -0.4 is 10.1 Å². The number of benzene rings is 1. The lowest BCUT2D eigenvalue weighted by molar-refractivity contribution is -0.114. The number of aliphatic hydroxyl groups excluding tert-OH is 1. The van der Waals surface area contributed by atoms with Crippen LogP contribution in [-0.4, -0.2) is 17.6 Å². The molecule has 0 spiro atoms. The number of nitrogens with one attached hydrogen (secondary N) is 1. The summed E-state index contributed by atoms with van der Waals surface area (Å²) in [4.78, 5) is 12.0. The molecule has 0 saturated carbocycles. The van der Waals surface area contributed by atoms with Crippen molar-refractivity contribution in [2.45, 2.75) is 20.3 Å². The predicted octanol–water partition coefficient (Wildman–Crippen LogP) is 3.33. The zero-order valence-corrected chi connectivity index (χ0v) is 12.3. The van der Waals surface area contributed by atoms with E-state index in [1.807, 2.05) is 13.8 Å². The smallest absolute Gasteiger partial charge is 0.260 e. The van der Waals surface area contributed by atoms with Crippen LogP contribution in [0.5, 0.6) is 5.75 Å². The van der Waals surface area contributed by atoms with Gasteiger partial charge in [-0.1, -0.05) is 31.7 Å². The van der Waals surface area contributed by atoms with Crippen LogP contribution in [0.4, 0.5) is 0 Å². The number of carbonyl (C=O) groups excluding carboxylic acids is 1. The van der Waals surface area contributed by atoms with Crippen molar-refractivity contribution in [1.82, 2.24) is 5.32 Å². The number of allylic oxidation sites excluding steroid dienone is 1. The first-order valence-corrected chi connectivity index (χ1v) is 6.85. The average Bonchev–Trinajstić information content (AvgIpc) is 2.72. The van der Waals surface area contributed by atoms with Crippen molar-refractivity contribution in [3.05, 3.63) is 59.5 Å². The number of rotatable bonds is 5. The molecule has 1 amide bonds. The number of aliphatic hydroxyl groups is 1. The van der Waals surface area contributed by atoms with Gasteiger partial charge in [-0.05, 0) is 36.6 Å². The van der Waals surface area contributed by atoms with Gasteiger partial charge in [0.05, 0.1) is 11.3 Å². The van der Waals surface area contributed by atoms with Gasteiger partial charge in [0.15, 0.2) is 5.76 Å². The molecule has 21 heavy (non-hydrogen) atoms. The molecular formula is C17H19NO3. The molecule has 1 aliphatic rings. The van der Waals surface area contributed by atoms with Crippen molar-refractivity contribution >= 4 is 11.5 Å². The van der Waals surface area contributed by atoms with Crippen molar-refractivity contribution < 1.29 is 14.6 Å². The number of hydrogen-bond acceptors (Lipinski definition) is 3. The van der Waals surface area contributed by atoms with Gasteiger partial charge < -0.3 is 15.2 Å². The molecule has 0 fully saturated rings. The van der Waals surface area contributed by atoms with E-state index in [0.717, 1.165) is 12.0 Å². The fourth-order valence-electron chi connectivity index (χ4n) is 2.05. The minimum Gasteiger partial charge on any atom is -0.505 e. The third-order valence-electron chi connectivity index (χ3n) is 2.98. The topological polar surface area (TPSA) is 58.6 Å². The molecule has 0 aromatic heterocycles. The van der Waals surface area contributed by atoms with Crippen LogP contribution in [0.25, 0.3) is 5.57 Å². The van der Waals surface area contributed by atoms with Crippen LogP contribution in [0.3, 0.4) is 0 Å². The molecule has 0 atom stereocenters. The normalized spacial score (nSPS) is 16.3. The Kier molecular flexibility index (Phi) is 4.48. The standard InChI is InChI=1S/C17H19NO3/c1-4-6-14-16(19)15(17(20)18-14)12-7-5-8-13(9-12)21-10-11(2)3/h5-9,19H,2,4,10H2,1,3H3,(H,18,20)/b14-6+. The molecule has 0 aliphatic carbocycles. The van der Waals surface area contributed by atoms with Gasteiger partial charge >= 0.3 is 0 Å². The summed E-state index contributed by atoms with van der Waals surface area (Å²) in [5.74, 6) is 0.319. The summed E-state index contributed by atoms with van der Waals surface area (Å²) in [6.07, 6.45) is 2.51. The summed E-state index contributed by atoms with van der Waals surface area (Å²) >= 11 is 0. The molecule has 0 unspecified atom stereocenters. The Morgan fingerprint density at radius 3 is 2.90 bits per heavy atom. The number of ether oxygens (including phenoxy) is 1. The monoisotopic (exact) mass is 285 g/mol. The maximum atomic E-state index is 12.0. The summed E-state index contributed by atoms with van der Waals surface area (Å²) in [6.45, 7) is 8.02. The summed E-state index contributed by atoms with van der Waals surface area (Å²) in [5.41, 5.74) is 2.28. The van der Waals surface area contributed by atoms with Gasteiger partial charge in [-0.25, -0.2) is 0 Å². The van der Waals surface area contributed by atoms with E-state index >= 15 is 0 Å². The fraction of sp³-hybridized carbons (Fsp3) is 0.235. The van der Waals surface area contributed by atoms with Crippen molar-refractivity contribution in [1.29, 1.82) is 0 Å². The second-order valence-corrected chi connectivity index (χ2v) is 4.98. The highest BCUT2D eigenvalue weighted by molar-refractivity contribution is 6.24. The Morgan fingerprint density at radius 1 is 1.48 bits per heavy atom. The molecule has 4 heteroatoms. The number of carbonyl (C=O) groups is 1. The van der Waals surface area contributed by atoms with Crippen LogP contribution in [0.1, 0.15) is 25.8 Å². The molecule has 4 nitrogen and oxygen atoms in total. The van der Waals surface area contributed by atoms with Gasteiger partial charge in [-0.3, -0.25) is 4.79 Å². The van der Waals surface area contributed by atoms with Gasteiger partial charge in [-0.2, -0.15) is 0 Å². The quantitative estimate of drug-likeness (QED) is 0.816. The van der Waals surface area contributed by atoms with E-state index in [1.54, 1.807) is 30.3 Å². The molecule has 1 aromatic carbocycles. The Bertz CT molecular complexity index is 641. The lowest BCUT2D eigenvalue weighted by Gasteiger charge is -2.07. The van der Waals surface area contributed by atoms with Crippen molar-refractivity contribution in [3.8, 4) is 5.75 Å². The van der Waals surface area contributed by atoms with E-state index < -0.39 is 0 Å². The first kappa shape index (κ1) is 14.9. The maximum Gasteiger partial charge on any atom is 0.260 e. The van der Waals surface area contributed by atoms with Crippen LogP contribution in [-0.2, 0) is 4.79 Å². The van der Waals surface area contributed by atoms with E-state index in [0.29, 0.717) is 23.6 Å². The first-order valence-electron chi connectivity index (χ1n) is 6.85. The molecule has 2 N–H and O–H groups in total. The number of amides is 1. The van der Waals surface area contributed by atoms with Gasteiger partial charge in [0.2, 0.25) is 0 Å². The third kappa shape index (κ3) is 3.34. The maximum absolute atomic E-state index is 12.0. The van der Waals surface area contributed by atoms with Gasteiger partial charge in [-0.15, -0.1) is 0 Å². The fourth-order valence-corrected chi connectivity index (χ4v) is 2.05.